The second-order valence-electron chi connectivity index (χ2n) is 16.0. The van der Waals surface area contributed by atoms with Gasteiger partial charge in [-0.25, -0.2) is 0 Å². The molecule has 0 bridgehead atoms. The van der Waals surface area contributed by atoms with E-state index in [0.29, 0.717) is 24.0 Å². The third-order valence-corrected chi connectivity index (χ3v) is 14.3. The van der Waals surface area contributed by atoms with Crippen LogP contribution in [0.1, 0.15) is 84.3 Å². The fraction of sp³-hybridized carbons (Fsp3) is 0.512. The van der Waals surface area contributed by atoms with Crippen LogP contribution in [0.5, 0.6) is 5.75 Å². The van der Waals surface area contributed by atoms with Crippen LogP contribution < -0.4 is 43.4 Å². The molecule has 12 N–H and O–H groups in total. The number of nitrogens with one attached hydrogen (secondary N) is 6. The topological polar surface area (TPSA) is 301 Å². The monoisotopic (exact) mass is 886 g/mol. The lowest BCUT2D eigenvalue weighted by molar-refractivity contribution is -0.141. The average molecular weight is 887 g/mol. The number of amides is 7. The fourth-order valence-corrected chi connectivity index (χ4v) is 9.19. The van der Waals surface area contributed by atoms with Gasteiger partial charge >= 0.3 is 5.97 Å². The lowest BCUT2D eigenvalue weighted by atomic mass is 9.91. The number of carboxylic acid groups (broad SMARTS) is 1. The smallest absolute Gasteiger partial charge is 0.305 e. The van der Waals surface area contributed by atoms with E-state index in [1.807, 2.05) is 6.92 Å². The number of benzene rings is 2. The highest BCUT2D eigenvalue weighted by atomic mass is 33.1. The van der Waals surface area contributed by atoms with Gasteiger partial charge in [-0.3, -0.25) is 38.4 Å². The molecule has 0 radical (unpaired) electrons. The van der Waals surface area contributed by atoms with Gasteiger partial charge in [0, 0.05) is 15.4 Å². The first-order valence-electron chi connectivity index (χ1n) is 19.8. The second-order valence-corrected chi connectivity index (χ2v) is 19.4. The Hall–Kier alpha value is -5.34. The number of phenols is 1. The maximum absolute atomic E-state index is 14.6. The number of phenolic OH excluding ortho intramolecular Hbond substituents is 1. The minimum atomic E-state index is -1.75. The highest BCUT2D eigenvalue weighted by Gasteiger charge is 2.46. The molecule has 1 fully saturated rings. The molecule has 18 nitrogen and oxygen atoms in total. The Morgan fingerprint density at radius 3 is 2.07 bits per heavy atom. The quantitative estimate of drug-likeness (QED) is 0.104. The highest BCUT2D eigenvalue weighted by Crippen LogP contribution is 2.47. The van der Waals surface area contributed by atoms with Gasteiger partial charge in [-0.15, -0.1) is 0 Å². The Labute approximate surface area is 363 Å². The molecule has 0 aromatic heterocycles. The number of rotatable bonds is 16. The molecule has 7 atom stereocenters. The van der Waals surface area contributed by atoms with E-state index >= 15 is 0 Å². The van der Waals surface area contributed by atoms with Crippen molar-refractivity contribution in [1.29, 1.82) is 0 Å². The van der Waals surface area contributed by atoms with Crippen LogP contribution in [0.3, 0.4) is 0 Å². The Balaban J connectivity index is 2.14. The summed E-state index contributed by atoms with van der Waals surface area (Å²) in [6.45, 7) is 9.58. The SMILES string of the molecule is CCCC[C@H](NC(=O)C1NC(=O)[C@H](CC(=O)O)NC(=O)[C@H]([C@@H](C)c2ccccc2)NC(=O)[C@H](NC(=O)[C@@H](N)Cc2ccc(O)cc2)C(C)(C)SSC1(C)C)C(=O)NCC(N)=O. The van der Waals surface area contributed by atoms with E-state index in [-0.39, 0.29) is 18.6 Å². The van der Waals surface area contributed by atoms with Gasteiger partial charge in [0.25, 0.3) is 0 Å². The molecule has 2 aromatic rings. The zero-order chi connectivity index (χ0) is 45.7. The van der Waals surface area contributed by atoms with Crippen LogP contribution in [0.25, 0.3) is 0 Å². The van der Waals surface area contributed by atoms with Crippen molar-refractivity contribution in [2.75, 3.05) is 6.54 Å². The molecule has 334 valence electrons. The molecule has 20 heteroatoms. The number of aliphatic carboxylic acids is 1. The van der Waals surface area contributed by atoms with Crippen molar-refractivity contribution in [3.8, 4) is 5.75 Å². The fourth-order valence-electron chi connectivity index (χ4n) is 6.37. The van der Waals surface area contributed by atoms with Gasteiger partial charge in [0.2, 0.25) is 41.4 Å². The molecule has 1 heterocycles. The van der Waals surface area contributed by atoms with Crippen molar-refractivity contribution in [3.63, 3.8) is 0 Å². The molecule has 0 saturated carbocycles. The molecular weight excluding hydrogens is 829 g/mol. The first-order valence-corrected chi connectivity index (χ1v) is 22.0. The summed E-state index contributed by atoms with van der Waals surface area (Å²) >= 11 is 0. The summed E-state index contributed by atoms with van der Waals surface area (Å²) in [7, 11) is 2.16. The van der Waals surface area contributed by atoms with Crippen LogP contribution in [-0.2, 0) is 44.8 Å². The van der Waals surface area contributed by atoms with Crippen molar-refractivity contribution >= 4 is 68.9 Å². The number of carbonyl (C=O) groups is 8. The number of carboxylic acids is 1. The number of hydrogen-bond donors (Lipinski definition) is 10. The van der Waals surface area contributed by atoms with Gasteiger partial charge in [-0.1, -0.05) is 90.7 Å². The summed E-state index contributed by atoms with van der Waals surface area (Å²) in [5.74, 6) is -8.00. The van der Waals surface area contributed by atoms with Crippen LogP contribution in [0.15, 0.2) is 54.6 Å². The van der Waals surface area contributed by atoms with Crippen molar-refractivity contribution in [3.05, 3.63) is 65.7 Å². The summed E-state index contributed by atoms with van der Waals surface area (Å²) in [6.07, 6.45) is 0.446. The lowest BCUT2D eigenvalue weighted by Gasteiger charge is -2.40. The second kappa shape index (κ2) is 22.5. The number of carbonyl (C=O) groups excluding carboxylic acids is 7. The lowest BCUT2D eigenvalue weighted by Crippen LogP contribution is -2.65. The van der Waals surface area contributed by atoms with E-state index < -0.39 is 112 Å². The van der Waals surface area contributed by atoms with E-state index in [0.717, 1.165) is 21.6 Å². The third-order valence-electron chi connectivity index (χ3n) is 10.0. The molecule has 0 spiro atoms. The van der Waals surface area contributed by atoms with Gasteiger partial charge in [0.05, 0.1) is 19.0 Å². The van der Waals surface area contributed by atoms with Crippen LogP contribution >= 0.6 is 21.6 Å². The Morgan fingerprint density at radius 1 is 0.852 bits per heavy atom. The normalized spacial score (nSPS) is 22.0. The number of nitrogens with two attached hydrogens (primary N) is 2. The van der Waals surface area contributed by atoms with Crippen LogP contribution in [0.4, 0.5) is 0 Å². The average Bonchev–Trinajstić information content (AvgIpc) is 3.20. The molecule has 2 aromatic carbocycles. The Morgan fingerprint density at radius 2 is 1.48 bits per heavy atom. The summed E-state index contributed by atoms with van der Waals surface area (Å²) in [4.78, 5) is 108. The first kappa shape index (κ1) is 50.0. The number of aromatic hydroxyl groups is 1. The minimum Gasteiger partial charge on any atom is -0.508 e. The van der Waals surface area contributed by atoms with E-state index in [4.69, 9.17) is 11.5 Å². The summed E-state index contributed by atoms with van der Waals surface area (Å²) in [6, 6.07) is 6.39. The molecule has 61 heavy (non-hydrogen) atoms. The molecule has 1 saturated heterocycles. The van der Waals surface area contributed by atoms with Gasteiger partial charge in [-0.05, 0) is 63.8 Å². The summed E-state index contributed by atoms with van der Waals surface area (Å²) in [5, 5.41) is 35.3. The van der Waals surface area contributed by atoms with Gasteiger partial charge in [0.15, 0.2) is 0 Å². The summed E-state index contributed by atoms with van der Waals surface area (Å²) < 4.78 is -2.55. The van der Waals surface area contributed by atoms with Crippen LogP contribution in [0.2, 0.25) is 0 Å². The molecule has 1 aliphatic heterocycles. The number of primary amides is 1. The molecule has 0 aliphatic carbocycles. The standard InChI is InChI=1S/C41H58N8O10S2/c1-7-8-14-27(35(55)44-21-29(43)51)45-38(58)32-40(3,4)60-61-41(5,6)33(48-34(54)26(42)19-23-15-17-25(50)18-16-23)39(59)47-31(22(2)24-12-10-9-11-13-24)37(57)46-28(20-30(52)53)36(56)49-32/h9-13,15-18,22,26-28,31-33,50H,7-8,14,19-21,42H2,1-6H3,(H2,43,51)(H,44,55)(H,45,58)(H,46,57)(H,47,59)(H,48,54)(H,49,56)(H,52,53)/t22-,26-,27-,28-,31-,32?,33-/m0/s1. The van der Waals surface area contributed by atoms with E-state index in [9.17, 15) is 48.6 Å². The van der Waals surface area contributed by atoms with E-state index in [1.165, 1.54) is 12.1 Å². The largest absolute Gasteiger partial charge is 0.508 e. The van der Waals surface area contributed by atoms with Crippen molar-refractivity contribution < 1.29 is 48.6 Å². The summed E-state index contributed by atoms with van der Waals surface area (Å²) in [5.41, 5.74) is 12.8. The highest BCUT2D eigenvalue weighted by molar-refractivity contribution is 8.77. The molecule has 1 unspecified atom stereocenters. The van der Waals surface area contributed by atoms with Gasteiger partial charge in [-0.2, -0.15) is 0 Å². The van der Waals surface area contributed by atoms with Gasteiger partial charge in [0.1, 0.15) is 36.0 Å². The maximum Gasteiger partial charge on any atom is 0.305 e. The predicted octanol–water partition coefficient (Wildman–Crippen LogP) is 0.708. The van der Waals surface area contributed by atoms with Crippen LogP contribution in [0, 0.1) is 0 Å². The van der Waals surface area contributed by atoms with Gasteiger partial charge < -0.3 is 53.6 Å². The molecular formula is C41H58N8O10S2. The van der Waals surface area contributed by atoms with E-state index in [1.54, 1.807) is 77.1 Å². The number of unbranched alkanes of at least 4 members (excludes halogenated alkanes) is 1. The Bertz CT molecular complexity index is 1900. The zero-order valence-corrected chi connectivity index (χ0v) is 36.7. The predicted molar refractivity (Wildman–Crippen MR) is 232 cm³/mol. The minimum absolute atomic E-state index is 0.0243. The van der Waals surface area contributed by atoms with Crippen molar-refractivity contribution in [1.82, 2.24) is 31.9 Å². The van der Waals surface area contributed by atoms with Crippen molar-refractivity contribution in [2.45, 2.75) is 125 Å². The van der Waals surface area contributed by atoms with Crippen LogP contribution in [-0.4, -0.2) is 110 Å². The molecule has 7 amide bonds. The van der Waals surface area contributed by atoms with Crippen molar-refractivity contribution in [2.24, 2.45) is 11.5 Å². The molecule has 1 aliphatic rings. The van der Waals surface area contributed by atoms with E-state index in [2.05, 4.69) is 31.9 Å². The first-order chi connectivity index (χ1) is 28.6. The third kappa shape index (κ3) is 15.0. The Kier molecular flexibility index (Phi) is 18.4. The molecule has 3 rings (SSSR count). The maximum atomic E-state index is 14.6. The number of hydrogen-bond acceptors (Lipinski definition) is 12. The zero-order valence-electron chi connectivity index (χ0n) is 35.1.